The van der Waals surface area contributed by atoms with E-state index in [0.717, 1.165) is 57.8 Å². The maximum atomic E-state index is 12.2. The first-order chi connectivity index (χ1) is 20.7. The Hall–Kier alpha value is -1.77. The van der Waals surface area contributed by atoms with E-state index < -0.39 is 38.6 Å². The molecule has 0 aliphatic rings. The highest BCUT2D eigenvalue weighted by Crippen LogP contribution is 2.35. The summed E-state index contributed by atoms with van der Waals surface area (Å²) in [6, 6.07) is 0. The predicted molar refractivity (Wildman–Crippen MR) is 171 cm³/mol. The molecular formula is C33H59O9P. The minimum Gasteiger partial charge on any atom is -0.462 e. The zero-order chi connectivity index (χ0) is 32.0. The van der Waals surface area contributed by atoms with E-state index in [1.807, 2.05) is 24.3 Å². The standard InChI is InChI=1S/C33H59O9P/c1-3-5-7-8-9-11-16-19-23-27-33(36)42-31(29-41-43(37,38)39)28-40-32(35)26-22-18-15-13-10-12-14-17-21-25-30(34)24-20-6-4-2/h6,14,17,20-21,25,30-31,34H,3-5,7-13,15-16,18-19,22-24,26-29H2,1-2H3,(H2,37,38,39)/b17-14+,20-6+,25-21+/t30?,31-/m1/s1. The molecule has 2 atom stereocenters. The summed E-state index contributed by atoms with van der Waals surface area (Å²) >= 11 is 0. The van der Waals surface area contributed by atoms with Crippen molar-refractivity contribution in [1.82, 2.24) is 0 Å². The van der Waals surface area contributed by atoms with E-state index in [1.54, 1.807) is 6.08 Å². The van der Waals surface area contributed by atoms with Crippen molar-refractivity contribution in [3.63, 3.8) is 0 Å². The lowest BCUT2D eigenvalue weighted by molar-refractivity contribution is -0.161. The van der Waals surface area contributed by atoms with Gasteiger partial charge in [0.05, 0.1) is 12.7 Å². The third kappa shape index (κ3) is 31.5. The molecule has 43 heavy (non-hydrogen) atoms. The zero-order valence-electron chi connectivity index (χ0n) is 26.7. The SMILES string of the molecule is CC/C=C/CC(O)/C=C/C=C/CCCCCCCC(=O)OC[C@H](COP(=O)(O)O)OC(=O)CCCCCCCCCCC. The number of aliphatic hydroxyl groups excluding tert-OH is 1. The van der Waals surface area contributed by atoms with Crippen molar-refractivity contribution in [2.24, 2.45) is 0 Å². The fourth-order valence-electron chi connectivity index (χ4n) is 4.29. The Labute approximate surface area is 260 Å². The van der Waals surface area contributed by atoms with Crippen LogP contribution in [0, 0.1) is 0 Å². The van der Waals surface area contributed by atoms with Crippen molar-refractivity contribution in [1.29, 1.82) is 0 Å². The quantitative estimate of drug-likeness (QED) is 0.0246. The molecule has 0 aliphatic carbocycles. The van der Waals surface area contributed by atoms with E-state index in [2.05, 4.69) is 24.4 Å². The van der Waals surface area contributed by atoms with Gasteiger partial charge in [-0.2, -0.15) is 0 Å². The van der Waals surface area contributed by atoms with Crippen molar-refractivity contribution in [3.8, 4) is 0 Å². The summed E-state index contributed by atoms with van der Waals surface area (Å²) in [5.41, 5.74) is 0. The summed E-state index contributed by atoms with van der Waals surface area (Å²) in [5, 5.41) is 9.80. The van der Waals surface area contributed by atoms with Gasteiger partial charge < -0.3 is 24.4 Å². The molecule has 0 heterocycles. The molecule has 0 aromatic rings. The molecule has 0 radical (unpaired) electrons. The second-order valence-corrected chi connectivity index (χ2v) is 12.2. The summed E-state index contributed by atoms with van der Waals surface area (Å²) in [7, 11) is -4.75. The molecule has 0 saturated carbocycles. The number of esters is 2. The van der Waals surface area contributed by atoms with Crippen LogP contribution in [-0.4, -0.2) is 52.3 Å². The summed E-state index contributed by atoms with van der Waals surface area (Å²) in [4.78, 5) is 42.4. The van der Waals surface area contributed by atoms with Crippen LogP contribution in [0.1, 0.15) is 136 Å². The third-order valence-electron chi connectivity index (χ3n) is 6.75. The molecule has 3 N–H and O–H groups in total. The van der Waals surface area contributed by atoms with E-state index in [-0.39, 0.29) is 19.4 Å². The fourth-order valence-corrected chi connectivity index (χ4v) is 4.65. The summed E-state index contributed by atoms with van der Waals surface area (Å²) in [5.74, 6) is -0.945. The van der Waals surface area contributed by atoms with Gasteiger partial charge in [-0.3, -0.25) is 14.1 Å². The first-order valence-electron chi connectivity index (χ1n) is 16.4. The number of carbonyl (C=O) groups excluding carboxylic acids is 2. The van der Waals surface area contributed by atoms with Gasteiger partial charge >= 0.3 is 19.8 Å². The summed E-state index contributed by atoms with van der Waals surface area (Å²) in [6.07, 6.45) is 27.8. The van der Waals surface area contributed by atoms with Crippen LogP contribution in [0.25, 0.3) is 0 Å². The normalized spacial score (nSPS) is 13.7. The lowest BCUT2D eigenvalue weighted by Gasteiger charge is -2.18. The van der Waals surface area contributed by atoms with Gasteiger partial charge in [-0.1, -0.05) is 121 Å². The minimum atomic E-state index is -4.75. The number of hydrogen-bond donors (Lipinski definition) is 3. The van der Waals surface area contributed by atoms with Crippen LogP contribution in [0.15, 0.2) is 36.5 Å². The molecule has 0 amide bonds. The molecule has 0 rings (SSSR count). The van der Waals surface area contributed by atoms with E-state index in [4.69, 9.17) is 19.3 Å². The van der Waals surface area contributed by atoms with Crippen LogP contribution >= 0.6 is 7.82 Å². The van der Waals surface area contributed by atoms with Crippen molar-refractivity contribution in [2.45, 2.75) is 148 Å². The number of hydrogen-bond acceptors (Lipinski definition) is 7. The molecule has 10 heteroatoms. The molecular weight excluding hydrogens is 571 g/mol. The van der Waals surface area contributed by atoms with Gasteiger partial charge in [-0.05, 0) is 38.5 Å². The fraction of sp³-hybridized carbons (Fsp3) is 0.758. The zero-order valence-corrected chi connectivity index (χ0v) is 27.6. The Balaban J connectivity index is 4.09. The molecule has 0 saturated heterocycles. The average molecular weight is 631 g/mol. The molecule has 250 valence electrons. The maximum absolute atomic E-state index is 12.2. The Bertz CT molecular complexity index is 819. The molecule has 0 aliphatic heterocycles. The molecule has 0 aromatic carbocycles. The molecule has 0 fully saturated rings. The Morgan fingerprint density at radius 1 is 0.721 bits per heavy atom. The van der Waals surface area contributed by atoms with E-state index >= 15 is 0 Å². The Morgan fingerprint density at radius 3 is 1.91 bits per heavy atom. The number of unbranched alkanes of at least 4 members (excludes halogenated alkanes) is 13. The van der Waals surface area contributed by atoms with Crippen LogP contribution in [0.4, 0.5) is 0 Å². The largest absolute Gasteiger partial charge is 0.469 e. The van der Waals surface area contributed by atoms with Gasteiger partial charge in [0.15, 0.2) is 6.10 Å². The second kappa shape index (κ2) is 29.0. The van der Waals surface area contributed by atoms with E-state index in [1.165, 1.54) is 32.1 Å². The minimum absolute atomic E-state index is 0.197. The number of phosphoric ester groups is 1. The van der Waals surface area contributed by atoms with Crippen molar-refractivity contribution < 1.29 is 43.0 Å². The highest BCUT2D eigenvalue weighted by atomic mass is 31.2. The monoisotopic (exact) mass is 630 g/mol. The van der Waals surface area contributed by atoms with Crippen molar-refractivity contribution in [2.75, 3.05) is 13.2 Å². The second-order valence-electron chi connectivity index (χ2n) is 11.0. The van der Waals surface area contributed by atoms with Gasteiger partial charge in [-0.25, -0.2) is 4.57 Å². The van der Waals surface area contributed by atoms with E-state index in [0.29, 0.717) is 19.3 Å². The molecule has 1 unspecified atom stereocenters. The van der Waals surface area contributed by atoms with Gasteiger partial charge in [-0.15, -0.1) is 0 Å². The number of aliphatic hydroxyl groups is 1. The van der Waals surface area contributed by atoms with E-state index in [9.17, 15) is 19.3 Å². The molecule has 0 bridgehead atoms. The lowest BCUT2D eigenvalue weighted by atomic mass is 10.1. The van der Waals surface area contributed by atoms with Gasteiger partial charge in [0.25, 0.3) is 0 Å². The number of ether oxygens (including phenoxy) is 2. The van der Waals surface area contributed by atoms with Crippen LogP contribution in [-0.2, 0) is 28.2 Å². The maximum Gasteiger partial charge on any atom is 0.469 e. The molecule has 0 spiro atoms. The van der Waals surface area contributed by atoms with Crippen LogP contribution < -0.4 is 0 Å². The molecule has 0 aromatic heterocycles. The predicted octanol–water partition coefficient (Wildman–Crippen LogP) is 8.03. The van der Waals surface area contributed by atoms with Crippen LogP contribution in [0.2, 0.25) is 0 Å². The van der Waals surface area contributed by atoms with Crippen LogP contribution in [0.5, 0.6) is 0 Å². The topological polar surface area (TPSA) is 140 Å². The van der Waals surface area contributed by atoms with Crippen LogP contribution in [0.3, 0.4) is 0 Å². The van der Waals surface area contributed by atoms with Gasteiger partial charge in [0, 0.05) is 12.8 Å². The first kappa shape index (κ1) is 41.2. The number of allylic oxidation sites excluding steroid dienone is 4. The average Bonchev–Trinajstić information content (AvgIpc) is 2.96. The smallest absolute Gasteiger partial charge is 0.462 e. The van der Waals surface area contributed by atoms with Crippen molar-refractivity contribution in [3.05, 3.63) is 36.5 Å². The first-order valence-corrected chi connectivity index (χ1v) is 17.9. The summed E-state index contributed by atoms with van der Waals surface area (Å²) in [6.45, 7) is 3.39. The number of rotatable bonds is 29. The highest BCUT2D eigenvalue weighted by molar-refractivity contribution is 7.46. The van der Waals surface area contributed by atoms with Crippen molar-refractivity contribution >= 4 is 19.8 Å². The molecule has 9 nitrogen and oxygen atoms in total. The third-order valence-corrected chi connectivity index (χ3v) is 7.24. The van der Waals surface area contributed by atoms with Gasteiger partial charge in [0.1, 0.15) is 6.61 Å². The lowest BCUT2D eigenvalue weighted by Crippen LogP contribution is -2.29. The Morgan fingerprint density at radius 2 is 1.30 bits per heavy atom. The highest BCUT2D eigenvalue weighted by Gasteiger charge is 2.22. The summed E-state index contributed by atoms with van der Waals surface area (Å²) < 4.78 is 26.1. The van der Waals surface area contributed by atoms with Gasteiger partial charge in [0.2, 0.25) is 0 Å². The number of phosphoric acid groups is 1. The number of carbonyl (C=O) groups is 2. The Kier molecular flexibility index (Phi) is 27.8.